The monoisotopic (exact) mass is 558 g/mol. The van der Waals surface area contributed by atoms with Crippen LogP contribution in [0.1, 0.15) is 34.9 Å². The first kappa shape index (κ1) is 26.8. The number of fused-ring (bicyclic) bond motifs is 1. The first-order valence-corrected chi connectivity index (χ1v) is 15.1. The molecule has 38 heavy (non-hydrogen) atoms. The number of rotatable bonds is 9. The molecule has 7 nitrogen and oxygen atoms in total. The minimum Gasteiger partial charge on any atom is -0.491 e. The van der Waals surface area contributed by atoms with Crippen LogP contribution in [0.15, 0.2) is 64.9 Å². The summed E-state index contributed by atoms with van der Waals surface area (Å²) in [4.78, 5) is 16.8. The second-order valence-electron chi connectivity index (χ2n) is 9.66. The first-order chi connectivity index (χ1) is 18.3. The molecule has 2 unspecified atom stereocenters. The van der Waals surface area contributed by atoms with Crippen molar-refractivity contribution in [3.05, 3.63) is 81.8 Å². The predicted molar refractivity (Wildman–Crippen MR) is 143 cm³/mol. The van der Waals surface area contributed by atoms with Crippen molar-refractivity contribution in [2.75, 3.05) is 32.8 Å². The number of carbonyl (C=O) groups is 1. The molecule has 2 atom stereocenters. The van der Waals surface area contributed by atoms with Crippen molar-refractivity contribution in [3.8, 4) is 5.75 Å². The van der Waals surface area contributed by atoms with E-state index in [1.54, 1.807) is 52.6 Å². The third kappa shape index (κ3) is 5.93. The van der Waals surface area contributed by atoms with Crippen molar-refractivity contribution >= 4 is 27.3 Å². The van der Waals surface area contributed by atoms with Crippen LogP contribution in [0, 0.1) is 12.7 Å². The Bertz CT molecular complexity index is 1350. The molecule has 2 aliphatic heterocycles. The van der Waals surface area contributed by atoms with Gasteiger partial charge in [-0.2, -0.15) is 4.31 Å². The van der Waals surface area contributed by atoms with Gasteiger partial charge < -0.3 is 14.4 Å². The molecule has 1 saturated heterocycles. The summed E-state index contributed by atoms with van der Waals surface area (Å²) in [5.74, 6) is -0.139. The molecule has 0 aliphatic carbocycles. The number of hydrogen-bond donors (Lipinski definition) is 0. The number of aryl methyl sites for hydroxylation is 1. The van der Waals surface area contributed by atoms with E-state index >= 15 is 0 Å². The van der Waals surface area contributed by atoms with Crippen molar-refractivity contribution in [3.63, 3.8) is 0 Å². The lowest BCUT2D eigenvalue weighted by molar-refractivity contribution is -0.135. The molecule has 3 aromatic rings. The summed E-state index contributed by atoms with van der Waals surface area (Å²) in [6, 6.07) is 14.0. The fraction of sp³-hybridized carbons (Fsp3) is 0.393. The second-order valence-corrected chi connectivity index (χ2v) is 12.6. The molecule has 202 valence electrons. The zero-order chi connectivity index (χ0) is 26.7. The molecular weight excluding hydrogens is 527 g/mol. The zero-order valence-electron chi connectivity index (χ0n) is 21.2. The molecule has 0 N–H and O–H groups in total. The van der Waals surface area contributed by atoms with Crippen LogP contribution in [0.2, 0.25) is 0 Å². The van der Waals surface area contributed by atoms with Crippen LogP contribution in [-0.4, -0.2) is 62.5 Å². The van der Waals surface area contributed by atoms with Crippen molar-refractivity contribution in [1.82, 2.24) is 9.21 Å². The highest BCUT2D eigenvalue weighted by molar-refractivity contribution is 7.89. The highest BCUT2D eigenvalue weighted by Crippen LogP contribution is 2.34. The molecule has 2 aliphatic rings. The van der Waals surface area contributed by atoms with Gasteiger partial charge in [-0.3, -0.25) is 4.79 Å². The van der Waals surface area contributed by atoms with Crippen LogP contribution in [0.25, 0.3) is 0 Å². The van der Waals surface area contributed by atoms with Gasteiger partial charge in [-0.1, -0.05) is 17.7 Å². The Morgan fingerprint density at radius 2 is 1.92 bits per heavy atom. The summed E-state index contributed by atoms with van der Waals surface area (Å²) in [6.45, 7) is 2.96. The lowest BCUT2D eigenvalue weighted by Crippen LogP contribution is -2.49. The first-order valence-electron chi connectivity index (χ1n) is 12.7. The summed E-state index contributed by atoms with van der Waals surface area (Å²) in [6.07, 6.45) is 2.07. The number of ether oxygens (including phenoxy) is 2. The number of benzene rings is 2. The van der Waals surface area contributed by atoms with Crippen LogP contribution in [0.3, 0.4) is 0 Å². The Kier molecular flexibility index (Phi) is 8.13. The normalized spacial score (nSPS) is 19.5. The molecule has 1 amide bonds. The molecular formula is C28H31FN2O5S2. The Balaban J connectivity index is 1.38. The van der Waals surface area contributed by atoms with E-state index in [0.717, 1.165) is 24.0 Å². The van der Waals surface area contributed by atoms with Crippen molar-refractivity contribution in [2.24, 2.45) is 0 Å². The minimum absolute atomic E-state index is 0.121. The standard InChI is InChI=1S/C28H31FN2O5S2/c1-20-4-10-24(11-5-20)38(33,34)30(17-23-3-2-15-35-23)18-28(32)31-14-12-27-25(13-16-37-27)26(31)19-36-22-8-6-21(29)7-9-22/h4-11,13,16,23,26H,2-3,12,14-15,17-19H2,1H3. The van der Waals surface area contributed by atoms with Gasteiger partial charge in [0.15, 0.2) is 0 Å². The average Bonchev–Trinajstić information content (AvgIpc) is 3.60. The maximum atomic E-state index is 13.8. The van der Waals surface area contributed by atoms with Crippen molar-refractivity contribution in [1.29, 1.82) is 0 Å². The number of thiophene rings is 1. The lowest BCUT2D eigenvalue weighted by atomic mass is 10.0. The largest absolute Gasteiger partial charge is 0.491 e. The maximum Gasteiger partial charge on any atom is 0.243 e. The fourth-order valence-corrected chi connectivity index (χ4v) is 7.29. The Morgan fingerprint density at radius 3 is 2.63 bits per heavy atom. The van der Waals surface area contributed by atoms with E-state index in [0.29, 0.717) is 25.3 Å². The van der Waals surface area contributed by atoms with Gasteiger partial charge in [-0.15, -0.1) is 11.3 Å². The molecule has 10 heteroatoms. The molecule has 0 radical (unpaired) electrons. The predicted octanol–water partition coefficient (Wildman–Crippen LogP) is 4.57. The molecule has 0 bridgehead atoms. The van der Waals surface area contributed by atoms with Gasteiger partial charge in [0.05, 0.1) is 23.6 Å². The average molecular weight is 559 g/mol. The third-order valence-corrected chi connectivity index (χ3v) is 9.86. The lowest BCUT2D eigenvalue weighted by Gasteiger charge is -2.37. The summed E-state index contributed by atoms with van der Waals surface area (Å²) in [5, 5.41) is 2.00. The summed E-state index contributed by atoms with van der Waals surface area (Å²) in [7, 11) is -3.92. The van der Waals surface area contributed by atoms with Gasteiger partial charge in [-0.25, -0.2) is 12.8 Å². The summed E-state index contributed by atoms with van der Waals surface area (Å²) >= 11 is 1.64. The zero-order valence-corrected chi connectivity index (χ0v) is 22.8. The quantitative estimate of drug-likeness (QED) is 0.385. The number of sulfonamides is 1. The molecule has 0 saturated carbocycles. The van der Waals surface area contributed by atoms with E-state index in [4.69, 9.17) is 9.47 Å². The number of nitrogens with zero attached hydrogens (tertiary/aromatic N) is 2. The maximum absolute atomic E-state index is 13.8. The van der Waals surface area contributed by atoms with Gasteiger partial charge in [-0.05, 0) is 79.6 Å². The Hall–Kier alpha value is -2.79. The van der Waals surface area contributed by atoms with Gasteiger partial charge in [0.25, 0.3) is 0 Å². The van der Waals surface area contributed by atoms with Gasteiger partial charge in [0.1, 0.15) is 18.2 Å². The van der Waals surface area contributed by atoms with Crippen LogP contribution >= 0.6 is 11.3 Å². The molecule has 1 fully saturated rings. The van der Waals surface area contributed by atoms with E-state index in [9.17, 15) is 17.6 Å². The van der Waals surface area contributed by atoms with Gasteiger partial charge >= 0.3 is 0 Å². The number of halogens is 1. The van der Waals surface area contributed by atoms with Gasteiger partial charge in [0.2, 0.25) is 15.9 Å². The van der Waals surface area contributed by atoms with E-state index < -0.39 is 10.0 Å². The Morgan fingerprint density at radius 1 is 1.16 bits per heavy atom. The molecule has 3 heterocycles. The second kappa shape index (κ2) is 11.5. The van der Waals surface area contributed by atoms with E-state index in [2.05, 4.69) is 0 Å². The van der Waals surface area contributed by atoms with Crippen LogP contribution in [-0.2, 0) is 26.0 Å². The van der Waals surface area contributed by atoms with E-state index in [1.807, 2.05) is 18.4 Å². The van der Waals surface area contributed by atoms with Crippen LogP contribution < -0.4 is 4.74 Å². The minimum atomic E-state index is -3.92. The van der Waals surface area contributed by atoms with Crippen LogP contribution in [0.4, 0.5) is 4.39 Å². The third-order valence-electron chi connectivity index (χ3n) is 7.04. The molecule has 1 aromatic heterocycles. The van der Waals surface area contributed by atoms with Crippen LogP contribution in [0.5, 0.6) is 5.75 Å². The smallest absolute Gasteiger partial charge is 0.243 e. The van der Waals surface area contributed by atoms with E-state index in [-0.39, 0.29) is 48.5 Å². The van der Waals surface area contributed by atoms with Crippen molar-refractivity contribution in [2.45, 2.75) is 43.2 Å². The fourth-order valence-electron chi connectivity index (χ4n) is 4.94. The van der Waals surface area contributed by atoms with Crippen molar-refractivity contribution < 1.29 is 27.1 Å². The summed E-state index contributed by atoms with van der Waals surface area (Å²) < 4.78 is 53.6. The number of hydrogen-bond acceptors (Lipinski definition) is 6. The van der Waals surface area contributed by atoms with Gasteiger partial charge in [0, 0.05) is 24.6 Å². The molecule has 0 spiro atoms. The highest BCUT2D eigenvalue weighted by Gasteiger charge is 2.36. The Labute approximate surface area is 226 Å². The number of carbonyl (C=O) groups excluding carboxylic acids is 1. The number of amides is 1. The molecule has 2 aromatic carbocycles. The summed E-state index contributed by atoms with van der Waals surface area (Å²) in [5.41, 5.74) is 1.96. The van der Waals surface area contributed by atoms with E-state index in [1.165, 1.54) is 21.3 Å². The SMILES string of the molecule is Cc1ccc(S(=O)(=O)N(CC(=O)N2CCc3sccc3C2COc2ccc(F)cc2)CC2CCCO2)cc1. The highest BCUT2D eigenvalue weighted by atomic mass is 32.2. The molecule has 5 rings (SSSR count). The topological polar surface area (TPSA) is 76.2 Å².